The maximum atomic E-state index is 10.0. The Morgan fingerprint density at radius 1 is 0.643 bits per heavy atom. The van der Waals surface area contributed by atoms with E-state index in [4.69, 9.17) is 5.11 Å². The largest absolute Gasteiger partial charge is 0.481 e. The molecule has 3 nitrogen and oxygen atoms in total. The maximum absolute atomic E-state index is 10.0. The van der Waals surface area contributed by atoms with Crippen LogP contribution in [0.2, 0.25) is 0 Å². The molecule has 0 bridgehead atoms. The smallest absolute Gasteiger partial charge is 0.308 e. The zero-order chi connectivity index (χ0) is 21.7. The minimum Gasteiger partial charge on any atom is -0.481 e. The number of aliphatic carboxylic acids is 1. The van der Waals surface area contributed by atoms with Crippen molar-refractivity contribution in [3.05, 3.63) is 0 Å². The van der Waals surface area contributed by atoms with Gasteiger partial charge in [0.2, 0.25) is 0 Å². The van der Waals surface area contributed by atoms with Crippen LogP contribution in [0.4, 0.5) is 0 Å². The summed E-state index contributed by atoms with van der Waals surface area (Å²) in [5.74, 6) is -0.757. The lowest BCUT2D eigenvalue weighted by atomic mass is 9.98. The Kier molecular flexibility index (Phi) is 22.4. The first-order chi connectivity index (χ1) is 13.3. The van der Waals surface area contributed by atoms with Gasteiger partial charge < -0.3 is 10.2 Å². The van der Waals surface area contributed by atoms with Crippen LogP contribution >= 0.6 is 0 Å². The Morgan fingerprint density at radius 2 is 0.893 bits per heavy atom. The molecule has 0 rings (SSSR count). The van der Waals surface area contributed by atoms with E-state index in [1.165, 1.54) is 96.3 Å². The van der Waals surface area contributed by atoms with Gasteiger partial charge in [0.05, 0.1) is 11.5 Å². The monoisotopic (exact) mass is 400 g/mol. The highest BCUT2D eigenvalue weighted by molar-refractivity contribution is 5.72. The van der Waals surface area contributed by atoms with E-state index < -0.39 is 11.4 Å². The molecule has 0 saturated carbocycles. The summed E-state index contributed by atoms with van der Waals surface area (Å²) in [6.07, 6.45) is 22.3. The van der Waals surface area contributed by atoms with Crippen molar-refractivity contribution >= 4 is 5.97 Å². The number of hydrogen-bond acceptors (Lipinski definition) is 2. The Balaban J connectivity index is 0. The molecule has 0 aliphatic heterocycles. The highest BCUT2D eigenvalue weighted by Gasteiger charge is 2.18. The van der Waals surface area contributed by atoms with Crippen molar-refractivity contribution < 1.29 is 15.0 Å². The molecule has 0 saturated heterocycles. The fourth-order valence-corrected chi connectivity index (χ4v) is 3.00. The summed E-state index contributed by atoms with van der Waals surface area (Å²) in [5, 5.41) is 18.2. The summed E-state index contributed by atoms with van der Waals surface area (Å²) < 4.78 is 0. The molecule has 1 atom stereocenters. The Hall–Kier alpha value is -0.570. The molecule has 3 heteroatoms. The SMILES string of the molecule is CC(C)(C)C(=O)O.CCCCCCCCCCCC(O)CCCCCCCC. The maximum Gasteiger partial charge on any atom is 0.308 e. The van der Waals surface area contributed by atoms with Crippen LogP contribution in [0.3, 0.4) is 0 Å². The molecule has 28 heavy (non-hydrogen) atoms. The van der Waals surface area contributed by atoms with Crippen molar-refractivity contribution in [1.29, 1.82) is 0 Å². The predicted molar refractivity (Wildman–Crippen MR) is 123 cm³/mol. The predicted octanol–water partition coefficient (Wildman–Crippen LogP) is 8.14. The fourth-order valence-electron chi connectivity index (χ4n) is 3.00. The van der Waals surface area contributed by atoms with Crippen LogP contribution in [0.25, 0.3) is 0 Å². The van der Waals surface area contributed by atoms with Gasteiger partial charge in [-0.1, -0.05) is 110 Å². The number of carboxylic acids is 1. The summed E-state index contributed by atoms with van der Waals surface area (Å²) >= 11 is 0. The van der Waals surface area contributed by atoms with Crippen molar-refractivity contribution in [2.45, 2.75) is 150 Å². The Bertz CT molecular complexity index is 320. The molecule has 0 aromatic rings. The zero-order valence-corrected chi connectivity index (χ0v) is 19.9. The summed E-state index contributed by atoms with van der Waals surface area (Å²) in [6.45, 7) is 9.52. The van der Waals surface area contributed by atoms with Gasteiger partial charge in [-0.3, -0.25) is 4.79 Å². The summed E-state index contributed by atoms with van der Waals surface area (Å²) in [6, 6.07) is 0. The van der Waals surface area contributed by atoms with Gasteiger partial charge in [0, 0.05) is 0 Å². The highest BCUT2D eigenvalue weighted by atomic mass is 16.4. The van der Waals surface area contributed by atoms with Crippen LogP contribution in [0.1, 0.15) is 144 Å². The number of carboxylic acid groups (broad SMARTS) is 1. The quantitative estimate of drug-likeness (QED) is 0.242. The average molecular weight is 401 g/mol. The summed E-state index contributed by atoms with van der Waals surface area (Å²) in [5.41, 5.74) is -0.583. The van der Waals surface area contributed by atoms with E-state index in [0.717, 1.165) is 12.8 Å². The molecular weight excluding hydrogens is 348 g/mol. The molecule has 2 N–H and O–H groups in total. The van der Waals surface area contributed by atoms with E-state index in [-0.39, 0.29) is 6.10 Å². The van der Waals surface area contributed by atoms with Gasteiger partial charge in [0.15, 0.2) is 0 Å². The first-order valence-corrected chi connectivity index (χ1v) is 12.2. The van der Waals surface area contributed by atoms with Crippen molar-refractivity contribution in [3.8, 4) is 0 Å². The van der Waals surface area contributed by atoms with Gasteiger partial charge in [0.25, 0.3) is 0 Å². The third kappa shape index (κ3) is 25.4. The number of rotatable bonds is 17. The summed E-state index contributed by atoms with van der Waals surface area (Å²) in [4.78, 5) is 10.0. The second-order valence-corrected chi connectivity index (χ2v) is 9.38. The van der Waals surface area contributed by atoms with Gasteiger partial charge >= 0.3 is 5.97 Å². The Morgan fingerprint density at radius 3 is 1.14 bits per heavy atom. The van der Waals surface area contributed by atoms with E-state index in [0.29, 0.717) is 0 Å². The van der Waals surface area contributed by atoms with E-state index in [2.05, 4.69) is 13.8 Å². The molecule has 170 valence electrons. The molecule has 0 aromatic carbocycles. The van der Waals surface area contributed by atoms with E-state index in [1.807, 2.05) is 0 Å². The molecular formula is C25H52O3. The topological polar surface area (TPSA) is 57.5 Å². The standard InChI is InChI=1S/C20H42O.C5H10O2/c1-3-5-7-9-11-12-13-15-17-19-20(21)18-16-14-10-8-6-4-2;1-5(2,3)4(6)7/h20-21H,3-19H2,1-2H3;1-3H3,(H,6,7). The van der Waals surface area contributed by atoms with Gasteiger partial charge in [-0.15, -0.1) is 0 Å². The van der Waals surface area contributed by atoms with Crippen molar-refractivity contribution in [3.63, 3.8) is 0 Å². The normalized spacial score (nSPS) is 12.4. The third-order valence-electron chi connectivity index (χ3n) is 5.17. The van der Waals surface area contributed by atoms with Crippen LogP contribution in [0.5, 0.6) is 0 Å². The van der Waals surface area contributed by atoms with Crippen molar-refractivity contribution in [1.82, 2.24) is 0 Å². The van der Waals surface area contributed by atoms with Crippen LogP contribution < -0.4 is 0 Å². The Labute approximate surface area is 176 Å². The molecule has 0 aliphatic rings. The lowest BCUT2D eigenvalue weighted by molar-refractivity contribution is -0.145. The first kappa shape index (κ1) is 29.6. The van der Waals surface area contributed by atoms with Crippen LogP contribution in [0, 0.1) is 5.41 Å². The second kappa shape index (κ2) is 21.1. The van der Waals surface area contributed by atoms with Crippen LogP contribution in [-0.2, 0) is 4.79 Å². The van der Waals surface area contributed by atoms with Crippen molar-refractivity contribution in [2.75, 3.05) is 0 Å². The number of aliphatic hydroxyl groups excluding tert-OH is 1. The molecule has 0 amide bonds. The van der Waals surface area contributed by atoms with Crippen LogP contribution in [0.15, 0.2) is 0 Å². The molecule has 0 fully saturated rings. The first-order valence-electron chi connectivity index (χ1n) is 12.2. The van der Waals surface area contributed by atoms with Gasteiger partial charge in [0.1, 0.15) is 0 Å². The van der Waals surface area contributed by atoms with Gasteiger partial charge in [-0.05, 0) is 33.6 Å². The van der Waals surface area contributed by atoms with E-state index >= 15 is 0 Å². The fraction of sp³-hybridized carbons (Fsp3) is 0.960. The average Bonchev–Trinajstić information content (AvgIpc) is 2.63. The molecule has 0 heterocycles. The molecule has 0 spiro atoms. The minimum atomic E-state index is -0.757. The molecule has 0 radical (unpaired) electrons. The lowest BCUT2D eigenvalue weighted by Crippen LogP contribution is -2.18. The molecule has 0 aromatic heterocycles. The van der Waals surface area contributed by atoms with Gasteiger partial charge in [-0.25, -0.2) is 0 Å². The number of unbranched alkanes of at least 4 members (excludes halogenated alkanes) is 13. The third-order valence-corrected chi connectivity index (χ3v) is 5.17. The summed E-state index contributed by atoms with van der Waals surface area (Å²) in [7, 11) is 0. The number of carbonyl (C=O) groups is 1. The lowest BCUT2D eigenvalue weighted by Gasteiger charge is -2.10. The number of aliphatic hydroxyl groups is 1. The van der Waals surface area contributed by atoms with E-state index in [1.54, 1.807) is 20.8 Å². The molecule has 0 aliphatic carbocycles. The highest BCUT2D eigenvalue weighted by Crippen LogP contribution is 2.15. The zero-order valence-electron chi connectivity index (χ0n) is 19.9. The molecule has 1 unspecified atom stereocenters. The second-order valence-electron chi connectivity index (χ2n) is 9.38. The van der Waals surface area contributed by atoms with Crippen molar-refractivity contribution in [2.24, 2.45) is 5.41 Å². The van der Waals surface area contributed by atoms with Crippen LogP contribution in [-0.4, -0.2) is 22.3 Å². The minimum absolute atomic E-state index is 0.0271. The number of hydrogen-bond donors (Lipinski definition) is 2. The van der Waals surface area contributed by atoms with E-state index in [9.17, 15) is 9.90 Å². The van der Waals surface area contributed by atoms with Gasteiger partial charge in [-0.2, -0.15) is 0 Å².